The first-order chi connectivity index (χ1) is 13.4. The van der Waals surface area contributed by atoms with Crippen LogP contribution in [0.5, 0.6) is 0 Å². The standard InChI is InChI=1S/C25H44O3Si/c1-23(2,3)29(5,6)28-16-25-17(14-18(26)15-22(25)27)9-10-19-20-8-7-12-24(20,4)13-11-21(19)25/h17-21,26H,7-16H2,1-6H3/t17-,18-,19?,20?,21?,24-,25+/m0/s1. The van der Waals surface area contributed by atoms with Crippen molar-refractivity contribution in [1.29, 1.82) is 0 Å². The number of aliphatic hydroxyl groups is 1. The molecule has 0 bridgehead atoms. The molecule has 4 rings (SSSR count). The van der Waals surface area contributed by atoms with Crippen molar-refractivity contribution < 1.29 is 14.3 Å². The van der Waals surface area contributed by atoms with Gasteiger partial charge >= 0.3 is 0 Å². The summed E-state index contributed by atoms with van der Waals surface area (Å²) in [6, 6.07) is 0. The number of fused-ring (bicyclic) bond motifs is 5. The highest BCUT2D eigenvalue weighted by molar-refractivity contribution is 6.74. The molecule has 4 aliphatic rings. The van der Waals surface area contributed by atoms with E-state index in [1.807, 2.05) is 0 Å². The van der Waals surface area contributed by atoms with Crippen molar-refractivity contribution in [3.05, 3.63) is 0 Å². The van der Waals surface area contributed by atoms with Gasteiger partial charge in [-0.25, -0.2) is 0 Å². The van der Waals surface area contributed by atoms with Crippen LogP contribution in [-0.4, -0.2) is 31.9 Å². The Balaban J connectivity index is 1.68. The first kappa shape index (κ1) is 22.0. The van der Waals surface area contributed by atoms with Gasteiger partial charge in [0, 0.05) is 13.0 Å². The van der Waals surface area contributed by atoms with E-state index in [0.29, 0.717) is 42.0 Å². The first-order valence-corrected chi connectivity index (χ1v) is 15.2. The second kappa shape index (κ2) is 7.17. The van der Waals surface area contributed by atoms with Crippen LogP contribution in [0.4, 0.5) is 0 Å². The van der Waals surface area contributed by atoms with Crippen molar-refractivity contribution in [2.75, 3.05) is 6.61 Å². The van der Waals surface area contributed by atoms with Crippen LogP contribution in [0.1, 0.15) is 85.5 Å². The Morgan fingerprint density at radius 2 is 1.83 bits per heavy atom. The molecule has 29 heavy (non-hydrogen) atoms. The molecular formula is C25H44O3Si. The van der Waals surface area contributed by atoms with Gasteiger partial charge in [0.15, 0.2) is 8.32 Å². The minimum atomic E-state index is -1.93. The normalized spacial score (nSPS) is 45.5. The number of hydrogen-bond donors (Lipinski definition) is 1. The zero-order valence-electron chi connectivity index (χ0n) is 19.7. The van der Waals surface area contributed by atoms with Crippen LogP contribution >= 0.6 is 0 Å². The minimum Gasteiger partial charge on any atom is -0.416 e. The highest BCUT2D eigenvalue weighted by atomic mass is 28.4. The van der Waals surface area contributed by atoms with Crippen LogP contribution in [-0.2, 0) is 9.22 Å². The molecule has 3 nitrogen and oxygen atoms in total. The topological polar surface area (TPSA) is 46.5 Å². The Morgan fingerprint density at radius 3 is 2.52 bits per heavy atom. The Labute approximate surface area is 179 Å². The molecule has 4 saturated carbocycles. The van der Waals surface area contributed by atoms with Crippen molar-refractivity contribution in [1.82, 2.24) is 0 Å². The average molecular weight is 421 g/mol. The molecule has 0 saturated heterocycles. The molecular weight excluding hydrogens is 376 g/mol. The molecule has 0 heterocycles. The maximum absolute atomic E-state index is 13.7. The summed E-state index contributed by atoms with van der Waals surface area (Å²) in [5, 5.41) is 10.6. The van der Waals surface area contributed by atoms with Crippen LogP contribution in [0.25, 0.3) is 0 Å². The van der Waals surface area contributed by atoms with E-state index in [1.54, 1.807) is 0 Å². The molecule has 0 aromatic rings. The van der Waals surface area contributed by atoms with Crippen LogP contribution < -0.4 is 0 Å². The minimum absolute atomic E-state index is 0.154. The van der Waals surface area contributed by atoms with Crippen LogP contribution in [0.3, 0.4) is 0 Å². The number of ketones is 1. The predicted octanol–water partition coefficient (Wildman–Crippen LogP) is 5.96. The lowest BCUT2D eigenvalue weighted by atomic mass is 9.44. The number of carbonyl (C=O) groups excluding carboxylic acids is 1. The van der Waals surface area contributed by atoms with E-state index in [2.05, 4.69) is 40.8 Å². The molecule has 0 spiro atoms. The third kappa shape index (κ3) is 3.40. The van der Waals surface area contributed by atoms with Crippen LogP contribution in [0, 0.1) is 34.5 Å². The number of aliphatic hydroxyl groups excluding tert-OH is 1. The summed E-state index contributed by atoms with van der Waals surface area (Å²) in [7, 11) is -1.93. The van der Waals surface area contributed by atoms with Gasteiger partial charge in [-0.2, -0.15) is 0 Å². The van der Waals surface area contributed by atoms with Crippen molar-refractivity contribution in [3.63, 3.8) is 0 Å². The number of Topliss-reactive ketones (excluding diaryl/α,β-unsaturated/α-hetero) is 1. The summed E-state index contributed by atoms with van der Waals surface area (Å²) < 4.78 is 6.82. The fourth-order valence-electron chi connectivity index (χ4n) is 7.68. The van der Waals surface area contributed by atoms with Crippen LogP contribution in [0.2, 0.25) is 18.1 Å². The molecule has 1 N–H and O–H groups in total. The van der Waals surface area contributed by atoms with E-state index < -0.39 is 14.4 Å². The fourth-order valence-corrected chi connectivity index (χ4v) is 8.71. The van der Waals surface area contributed by atoms with Gasteiger partial charge in [0.25, 0.3) is 0 Å². The molecule has 0 radical (unpaired) electrons. The van der Waals surface area contributed by atoms with Gasteiger partial charge in [-0.1, -0.05) is 34.1 Å². The van der Waals surface area contributed by atoms with E-state index in [1.165, 1.54) is 38.5 Å². The fraction of sp³-hybridized carbons (Fsp3) is 0.960. The average Bonchev–Trinajstić information content (AvgIpc) is 3.01. The summed E-state index contributed by atoms with van der Waals surface area (Å²) in [6.07, 6.45) is 9.66. The van der Waals surface area contributed by atoms with Gasteiger partial charge in [0.05, 0.1) is 11.5 Å². The lowest BCUT2D eigenvalue weighted by Crippen LogP contribution is -2.61. The molecule has 4 heteroatoms. The highest BCUT2D eigenvalue weighted by Crippen LogP contribution is 2.65. The van der Waals surface area contributed by atoms with Crippen molar-refractivity contribution in [3.8, 4) is 0 Å². The van der Waals surface area contributed by atoms with Crippen molar-refractivity contribution in [2.45, 2.75) is 110 Å². The molecule has 0 aromatic heterocycles. The lowest BCUT2D eigenvalue weighted by Gasteiger charge is -2.60. The number of carbonyl (C=O) groups is 1. The first-order valence-electron chi connectivity index (χ1n) is 12.3. The zero-order chi connectivity index (χ0) is 21.2. The maximum Gasteiger partial charge on any atom is 0.192 e. The summed E-state index contributed by atoms with van der Waals surface area (Å²) in [6.45, 7) is 14.6. The van der Waals surface area contributed by atoms with Gasteiger partial charge in [0.2, 0.25) is 0 Å². The lowest BCUT2D eigenvalue weighted by molar-refractivity contribution is -0.171. The van der Waals surface area contributed by atoms with E-state index in [9.17, 15) is 9.90 Å². The molecule has 0 aliphatic heterocycles. The predicted molar refractivity (Wildman–Crippen MR) is 120 cm³/mol. The molecule has 0 aromatic carbocycles. The Hall–Kier alpha value is -0.193. The van der Waals surface area contributed by atoms with Crippen molar-refractivity contribution >= 4 is 14.1 Å². The SMILES string of the molecule is CC(C)(C)[Si](C)(C)OC[C@@]12C(=O)C[C@@H](O)C[C@@H]1CCC1C3CCC[C@@]3(C)CCC12. The molecule has 166 valence electrons. The maximum atomic E-state index is 13.7. The second-order valence-corrected chi connectivity index (χ2v) is 17.7. The third-order valence-corrected chi connectivity index (χ3v) is 14.9. The van der Waals surface area contributed by atoms with Crippen molar-refractivity contribution in [2.24, 2.45) is 34.5 Å². The van der Waals surface area contributed by atoms with Gasteiger partial charge < -0.3 is 9.53 Å². The zero-order valence-corrected chi connectivity index (χ0v) is 20.7. The molecule has 4 aliphatic carbocycles. The summed E-state index contributed by atoms with van der Waals surface area (Å²) in [5.41, 5.74) is 0.175. The van der Waals surface area contributed by atoms with E-state index in [-0.39, 0.29) is 10.5 Å². The number of rotatable bonds is 3. The highest BCUT2D eigenvalue weighted by Gasteiger charge is 2.63. The quantitative estimate of drug-likeness (QED) is 0.573. The Morgan fingerprint density at radius 1 is 1.10 bits per heavy atom. The summed E-state index contributed by atoms with van der Waals surface area (Å²) >= 11 is 0. The molecule has 0 amide bonds. The summed E-state index contributed by atoms with van der Waals surface area (Å²) in [5.74, 6) is 2.61. The molecule has 3 unspecified atom stereocenters. The van der Waals surface area contributed by atoms with E-state index >= 15 is 0 Å². The second-order valence-electron chi connectivity index (χ2n) is 12.8. The molecule has 7 atom stereocenters. The largest absolute Gasteiger partial charge is 0.416 e. The van der Waals surface area contributed by atoms with Crippen LogP contribution in [0.15, 0.2) is 0 Å². The smallest absolute Gasteiger partial charge is 0.192 e. The van der Waals surface area contributed by atoms with E-state index in [4.69, 9.17) is 4.43 Å². The number of hydrogen-bond acceptors (Lipinski definition) is 3. The van der Waals surface area contributed by atoms with Gasteiger partial charge in [-0.3, -0.25) is 4.79 Å². The Kier molecular flexibility index (Phi) is 5.44. The summed E-state index contributed by atoms with van der Waals surface area (Å²) in [4.78, 5) is 13.7. The molecule has 4 fully saturated rings. The van der Waals surface area contributed by atoms with Gasteiger partial charge in [0.1, 0.15) is 5.78 Å². The monoisotopic (exact) mass is 420 g/mol. The van der Waals surface area contributed by atoms with Gasteiger partial charge in [-0.15, -0.1) is 0 Å². The van der Waals surface area contributed by atoms with E-state index in [0.717, 1.165) is 18.8 Å². The van der Waals surface area contributed by atoms with Gasteiger partial charge in [-0.05, 0) is 92.2 Å². The third-order valence-electron chi connectivity index (χ3n) is 10.4. The Bertz CT molecular complexity index is 653.